The van der Waals surface area contributed by atoms with Gasteiger partial charge in [0.15, 0.2) is 0 Å². The van der Waals surface area contributed by atoms with E-state index in [9.17, 15) is 40.2 Å². The molecule has 0 aromatic heterocycles. The number of fused-ring (bicyclic) bond motifs is 4. The Bertz CT molecular complexity index is 2310. The molecule has 2 aliphatic carbocycles. The number of phenolic OH excluding ortho intramolecular Hbond substituents is 6. The Hall–Kier alpha value is -6.02. The molecule has 0 heterocycles. The van der Waals surface area contributed by atoms with Crippen LogP contribution in [0.2, 0.25) is 0 Å². The van der Waals surface area contributed by atoms with Crippen LogP contribution in [0.25, 0.3) is 0 Å². The molecule has 6 N–H and O–H groups in total. The Morgan fingerprint density at radius 2 is 0.828 bits per heavy atom. The van der Waals surface area contributed by atoms with E-state index in [4.69, 9.17) is 0 Å². The summed E-state index contributed by atoms with van der Waals surface area (Å²) in [6.07, 6.45) is 11.6. The zero-order valence-corrected chi connectivity index (χ0v) is 34.7. The number of phenols is 6. The van der Waals surface area contributed by atoms with E-state index in [0.29, 0.717) is 22.3 Å². The second kappa shape index (κ2) is 16.5. The molecule has 0 saturated heterocycles. The third-order valence-corrected chi connectivity index (χ3v) is 11.5. The van der Waals surface area contributed by atoms with Gasteiger partial charge in [0.1, 0.15) is 34.5 Å². The maximum absolute atomic E-state index is 14.5. The fourth-order valence-electron chi connectivity index (χ4n) is 8.61. The average molecular weight is 783 g/mol. The molecule has 0 radical (unpaired) electrons. The van der Waals surface area contributed by atoms with E-state index in [1.807, 2.05) is 53.7 Å². The second-order valence-corrected chi connectivity index (χ2v) is 16.6. The molecule has 0 spiro atoms. The van der Waals surface area contributed by atoms with E-state index in [2.05, 4.69) is 12.2 Å². The van der Waals surface area contributed by atoms with Crippen molar-refractivity contribution < 1.29 is 40.2 Å². The average Bonchev–Trinajstić information content (AvgIpc) is 3.11. The number of aromatic hydroxyl groups is 6. The number of hydrogen-bond donors (Lipinski definition) is 6. The van der Waals surface area contributed by atoms with E-state index in [-0.39, 0.29) is 80.3 Å². The Kier molecular flexibility index (Phi) is 11.8. The molecule has 0 saturated carbocycles. The SMILES string of the molecule is CC(C)=CCCC(C)=CCc1c(O)cc2c(c1O)C(=O)c1c(O)cc(C)cc1[C@H]2[C@H]1c2cc(C)cc(O)c2C(=O)c2c1cc(O)c(CC=C(C)CCC=C(C)C)c2O. The molecule has 8 nitrogen and oxygen atoms in total. The Labute approximate surface area is 340 Å². The molecule has 0 aliphatic heterocycles. The predicted molar refractivity (Wildman–Crippen MR) is 228 cm³/mol. The van der Waals surface area contributed by atoms with Crippen molar-refractivity contribution in [1.29, 1.82) is 0 Å². The fraction of sp³-hybridized carbons (Fsp3) is 0.320. The van der Waals surface area contributed by atoms with E-state index in [1.54, 1.807) is 26.0 Å². The molecule has 4 aromatic carbocycles. The minimum atomic E-state index is -0.964. The molecule has 0 amide bonds. The Morgan fingerprint density at radius 3 is 1.17 bits per heavy atom. The number of carbonyl (C=O) groups excluding carboxylic acids is 2. The molecule has 6 rings (SSSR count). The van der Waals surface area contributed by atoms with Crippen LogP contribution in [0, 0.1) is 13.8 Å². The number of carbonyl (C=O) groups is 2. The smallest absolute Gasteiger partial charge is 0.201 e. The molecule has 2 aliphatic rings. The summed E-state index contributed by atoms with van der Waals surface area (Å²) in [7, 11) is 0. The first kappa shape index (κ1) is 41.6. The van der Waals surface area contributed by atoms with Crippen LogP contribution in [0.3, 0.4) is 0 Å². The van der Waals surface area contributed by atoms with Crippen molar-refractivity contribution in [2.75, 3.05) is 0 Å². The Balaban J connectivity index is 1.59. The molecule has 4 aromatic rings. The van der Waals surface area contributed by atoms with Crippen molar-refractivity contribution in [3.8, 4) is 34.5 Å². The third kappa shape index (κ3) is 7.80. The summed E-state index contributed by atoms with van der Waals surface area (Å²) in [6.45, 7) is 15.6. The first-order valence-electron chi connectivity index (χ1n) is 19.9. The standard InChI is InChI=1S/C50H54O8/c1-25(2)11-9-13-27(5)15-17-31-37(51)23-35-41(33-19-29(7)21-39(53)43(33)49(57)45(35)47(31)55)42-34-20-30(8)22-40(54)44(34)50(58)46-36(42)24-38(52)32(48(46)56)18-16-28(6)14-10-12-26(3)4/h11-12,15-16,19-24,41-42,51-56H,9-10,13-14,17-18H2,1-8H3/t41-,42+. The van der Waals surface area contributed by atoms with Gasteiger partial charge < -0.3 is 30.6 Å². The maximum Gasteiger partial charge on any atom is 0.201 e. The number of ketones is 2. The minimum Gasteiger partial charge on any atom is -0.508 e. The summed E-state index contributed by atoms with van der Waals surface area (Å²) >= 11 is 0. The van der Waals surface area contributed by atoms with Gasteiger partial charge in [0.2, 0.25) is 11.6 Å². The number of benzene rings is 4. The molecule has 0 bridgehead atoms. The highest BCUT2D eigenvalue weighted by atomic mass is 16.3. The van der Waals surface area contributed by atoms with Crippen LogP contribution >= 0.6 is 0 Å². The molecular formula is C50H54O8. The largest absolute Gasteiger partial charge is 0.508 e. The van der Waals surface area contributed by atoms with Crippen LogP contribution in [0.4, 0.5) is 0 Å². The highest BCUT2D eigenvalue weighted by Crippen LogP contribution is 2.58. The van der Waals surface area contributed by atoms with Crippen LogP contribution in [0.1, 0.15) is 155 Å². The van der Waals surface area contributed by atoms with Crippen LogP contribution in [0.15, 0.2) is 83.0 Å². The topological polar surface area (TPSA) is 156 Å². The number of rotatable bonds is 11. The van der Waals surface area contributed by atoms with E-state index < -0.39 is 34.9 Å². The van der Waals surface area contributed by atoms with Gasteiger partial charge in [-0.05, 0) is 152 Å². The minimum absolute atomic E-state index is 0.0425. The van der Waals surface area contributed by atoms with Crippen molar-refractivity contribution in [3.63, 3.8) is 0 Å². The van der Waals surface area contributed by atoms with Gasteiger partial charge in [-0.15, -0.1) is 0 Å². The molecule has 302 valence electrons. The van der Waals surface area contributed by atoms with Crippen LogP contribution < -0.4 is 0 Å². The third-order valence-electron chi connectivity index (χ3n) is 11.5. The molecule has 0 fully saturated rings. The second-order valence-electron chi connectivity index (χ2n) is 16.6. The first-order valence-corrected chi connectivity index (χ1v) is 19.9. The van der Waals surface area contributed by atoms with Crippen LogP contribution in [-0.4, -0.2) is 42.2 Å². The zero-order valence-electron chi connectivity index (χ0n) is 34.7. The molecular weight excluding hydrogens is 729 g/mol. The number of allylic oxidation sites excluding steroid dienone is 8. The van der Waals surface area contributed by atoms with Crippen molar-refractivity contribution >= 4 is 11.6 Å². The van der Waals surface area contributed by atoms with E-state index in [1.165, 1.54) is 35.4 Å². The monoisotopic (exact) mass is 782 g/mol. The highest BCUT2D eigenvalue weighted by molar-refractivity contribution is 6.18. The van der Waals surface area contributed by atoms with Gasteiger partial charge >= 0.3 is 0 Å². The first-order chi connectivity index (χ1) is 27.4. The van der Waals surface area contributed by atoms with Gasteiger partial charge in [0.05, 0.1) is 22.3 Å². The highest BCUT2D eigenvalue weighted by Gasteiger charge is 2.47. The lowest BCUT2D eigenvalue weighted by Gasteiger charge is -2.39. The van der Waals surface area contributed by atoms with Crippen molar-refractivity contribution in [1.82, 2.24) is 0 Å². The summed E-state index contributed by atoms with van der Waals surface area (Å²) in [5.41, 5.74) is 6.99. The normalized spacial score (nSPS) is 16.0. The zero-order chi connectivity index (χ0) is 42.3. The van der Waals surface area contributed by atoms with Crippen LogP contribution in [-0.2, 0) is 12.8 Å². The molecule has 58 heavy (non-hydrogen) atoms. The van der Waals surface area contributed by atoms with Gasteiger partial charge in [0, 0.05) is 23.0 Å². The van der Waals surface area contributed by atoms with Crippen molar-refractivity contribution in [3.05, 3.63) is 150 Å². The van der Waals surface area contributed by atoms with E-state index in [0.717, 1.165) is 36.8 Å². The summed E-state index contributed by atoms with van der Waals surface area (Å²) in [4.78, 5) is 29.0. The van der Waals surface area contributed by atoms with Crippen molar-refractivity contribution in [2.45, 2.75) is 106 Å². The van der Waals surface area contributed by atoms with Gasteiger partial charge in [0.25, 0.3) is 0 Å². The van der Waals surface area contributed by atoms with Gasteiger partial charge in [-0.2, -0.15) is 0 Å². The fourth-order valence-corrected chi connectivity index (χ4v) is 8.61. The van der Waals surface area contributed by atoms with Crippen molar-refractivity contribution in [2.24, 2.45) is 0 Å². The summed E-state index contributed by atoms with van der Waals surface area (Å²) in [5, 5.41) is 70.2. The summed E-state index contributed by atoms with van der Waals surface area (Å²) < 4.78 is 0. The lowest BCUT2D eigenvalue weighted by molar-refractivity contribution is 0.101. The lowest BCUT2D eigenvalue weighted by atomic mass is 9.63. The molecule has 0 unspecified atom stereocenters. The number of hydrogen-bond acceptors (Lipinski definition) is 8. The van der Waals surface area contributed by atoms with Gasteiger partial charge in [-0.1, -0.05) is 58.7 Å². The number of aryl methyl sites for hydroxylation is 2. The van der Waals surface area contributed by atoms with Gasteiger partial charge in [-0.25, -0.2) is 0 Å². The lowest BCUT2D eigenvalue weighted by Crippen LogP contribution is -2.30. The maximum atomic E-state index is 14.5. The summed E-state index contributed by atoms with van der Waals surface area (Å²) in [5.74, 6) is -5.11. The van der Waals surface area contributed by atoms with E-state index >= 15 is 0 Å². The van der Waals surface area contributed by atoms with Gasteiger partial charge in [-0.3, -0.25) is 9.59 Å². The molecule has 2 atom stereocenters. The quantitative estimate of drug-likeness (QED) is 0.0821. The molecule has 8 heteroatoms. The van der Waals surface area contributed by atoms with Crippen LogP contribution in [0.5, 0.6) is 34.5 Å². The Morgan fingerprint density at radius 1 is 0.483 bits per heavy atom. The summed E-state index contributed by atoms with van der Waals surface area (Å²) in [6, 6.07) is 9.37. The predicted octanol–water partition coefficient (Wildman–Crippen LogP) is 11.1.